The molecular weight excluding hydrogens is 368 g/mol. The Bertz CT molecular complexity index is 912. The smallest absolute Gasteiger partial charge is 0.243 e. The van der Waals surface area contributed by atoms with Crippen LogP contribution in [0.25, 0.3) is 0 Å². The maximum Gasteiger partial charge on any atom is 0.243 e. The van der Waals surface area contributed by atoms with E-state index in [9.17, 15) is 15.0 Å². The van der Waals surface area contributed by atoms with E-state index in [1.807, 2.05) is 6.07 Å². The van der Waals surface area contributed by atoms with E-state index in [0.717, 1.165) is 37.4 Å². The zero-order valence-corrected chi connectivity index (χ0v) is 16.6. The SMILES string of the molecule is C=CC(=O)N[C@H]1CCC2(O)C3Cc4ccc(O)c5c4C2(CCN3CC2CC2)[C@H]1O5. The minimum absolute atomic E-state index is 0.0574. The monoisotopic (exact) mass is 396 g/mol. The average molecular weight is 396 g/mol. The molecule has 2 bridgehead atoms. The first-order valence-electron chi connectivity index (χ1n) is 10.9. The molecule has 1 amide bonds. The molecule has 3 fully saturated rings. The van der Waals surface area contributed by atoms with E-state index >= 15 is 0 Å². The Morgan fingerprint density at radius 3 is 2.93 bits per heavy atom. The largest absolute Gasteiger partial charge is 0.504 e. The molecule has 3 N–H and O–H groups in total. The first-order valence-corrected chi connectivity index (χ1v) is 10.9. The Labute approximate surface area is 170 Å². The number of rotatable bonds is 4. The second kappa shape index (κ2) is 5.76. The highest BCUT2D eigenvalue weighted by Crippen LogP contribution is 2.65. The summed E-state index contributed by atoms with van der Waals surface area (Å²) in [6.07, 6.45) is 6.33. The Balaban J connectivity index is 1.50. The van der Waals surface area contributed by atoms with Crippen LogP contribution in [-0.2, 0) is 16.6 Å². The molecule has 1 spiro atoms. The Morgan fingerprint density at radius 1 is 1.34 bits per heavy atom. The van der Waals surface area contributed by atoms with Crippen LogP contribution in [0.15, 0.2) is 24.8 Å². The minimum Gasteiger partial charge on any atom is -0.504 e. The van der Waals surface area contributed by atoms with Crippen molar-refractivity contribution in [1.29, 1.82) is 0 Å². The fourth-order valence-corrected chi connectivity index (χ4v) is 6.87. The van der Waals surface area contributed by atoms with E-state index < -0.39 is 11.0 Å². The van der Waals surface area contributed by atoms with Crippen LogP contribution in [0.5, 0.6) is 11.5 Å². The third kappa shape index (κ3) is 2.16. The predicted molar refractivity (Wildman–Crippen MR) is 107 cm³/mol. The Kier molecular flexibility index (Phi) is 3.53. The third-order valence-corrected chi connectivity index (χ3v) is 8.28. The molecule has 29 heavy (non-hydrogen) atoms. The van der Waals surface area contributed by atoms with Gasteiger partial charge in [0.05, 0.1) is 17.1 Å². The van der Waals surface area contributed by atoms with Crippen molar-refractivity contribution in [2.45, 2.75) is 67.7 Å². The maximum absolute atomic E-state index is 12.3. The molecule has 2 aliphatic heterocycles. The Morgan fingerprint density at radius 2 is 2.17 bits per heavy atom. The number of carbonyl (C=O) groups excluding carboxylic acids is 1. The number of benzene rings is 1. The number of phenolic OH excluding ortho intramolecular Hbond substituents is 1. The molecule has 1 aromatic rings. The zero-order chi connectivity index (χ0) is 20.0. The van der Waals surface area contributed by atoms with Crippen LogP contribution in [0, 0.1) is 5.92 Å². The van der Waals surface area contributed by atoms with Crippen LogP contribution in [0.3, 0.4) is 0 Å². The molecule has 5 atom stereocenters. The number of piperidine rings is 1. The summed E-state index contributed by atoms with van der Waals surface area (Å²) in [4.78, 5) is 14.6. The van der Waals surface area contributed by atoms with Gasteiger partial charge in [0.25, 0.3) is 0 Å². The summed E-state index contributed by atoms with van der Waals surface area (Å²) in [7, 11) is 0. The van der Waals surface area contributed by atoms with Crippen LogP contribution in [0.2, 0.25) is 0 Å². The number of likely N-dealkylation sites (tertiary alicyclic amines) is 1. The zero-order valence-electron chi connectivity index (χ0n) is 16.6. The molecule has 6 heteroatoms. The fraction of sp³-hybridized carbons (Fsp3) is 0.609. The van der Waals surface area contributed by atoms with Crippen LogP contribution >= 0.6 is 0 Å². The lowest BCUT2D eigenvalue weighted by molar-refractivity contribution is -0.192. The summed E-state index contributed by atoms with van der Waals surface area (Å²) in [5, 5.41) is 25.9. The van der Waals surface area contributed by atoms with Crippen molar-refractivity contribution in [2.24, 2.45) is 5.92 Å². The molecule has 6 nitrogen and oxygen atoms in total. The standard InChI is InChI=1S/C23H28N2O4/c1-2-18(27)24-15-7-8-23(28)17-11-14-5-6-16(26)20-19(14)22(23,21(15)29-20)9-10-25(17)12-13-3-4-13/h2,5-6,13,15,17,21,26,28H,1,3-4,7-12H2,(H,24,27)/t15-,17?,21-,22?,23?/m0/s1. The molecule has 0 radical (unpaired) electrons. The number of nitrogens with one attached hydrogen (secondary N) is 1. The van der Waals surface area contributed by atoms with Gasteiger partial charge in [0, 0.05) is 18.2 Å². The van der Waals surface area contributed by atoms with Gasteiger partial charge in [0.1, 0.15) is 6.10 Å². The highest BCUT2D eigenvalue weighted by molar-refractivity contribution is 5.87. The van der Waals surface area contributed by atoms with E-state index in [1.54, 1.807) is 6.07 Å². The molecule has 5 aliphatic rings. The molecule has 154 valence electrons. The van der Waals surface area contributed by atoms with E-state index in [-0.39, 0.29) is 29.8 Å². The van der Waals surface area contributed by atoms with Crippen LogP contribution < -0.4 is 10.1 Å². The number of aromatic hydroxyl groups is 1. The first-order chi connectivity index (χ1) is 14.0. The van der Waals surface area contributed by atoms with E-state index in [0.29, 0.717) is 18.6 Å². The summed E-state index contributed by atoms with van der Waals surface area (Å²) in [5.74, 6) is 1.19. The van der Waals surface area contributed by atoms with Gasteiger partial charge in [-0.05, 0) is 68.7 Å². The van der Waals surface area contributed by atoms with E-state index in [4.69, 9.17) is 4.74 Å². The predicted octanol–water partition coefficient (Wildman–Crippen LogP) is 1.63. The number of phenols is 1. The highest BCUT2D eigenvalue weighted by Gasteiger charge is 2.73. The molecule has 1 aromatic carbocycles. The van der Waals surface area contributed by atoms with Crippen molar-refractivity contribution < 1.29 is 19.7 Å². The molecule has 1 saturated heterocycles. The van der Waals surface area contributed by atoms with Crippen LogP contribution in [-0.4, -0.2) is 57.9 Å². The third-order valence-electron chi connectivity index (χ3n) is 8.28. The van der Waals surface area contributed by atoms with Gasteiger partial charge >= 0.3 is 0 Å². The van der Waals surface area contributed by atoms with Gasteiger partial charge in [-0.25, -0.2) is 0 Å². The van der Waals surface area contributed by atoms with Crippen molar-refractivity contribution in [1.82, 2.24) is 10.2 Å². The van der Waals surface area contributed by atoms with Gasteiger partial charge in [-0.1, -0.05) is 12.6 Å². The van der Waals surface area contributed by atoms with Crippen molar-refractivity contribution in [3.05, 3.63) is 35.9 Å². The maximum atomic E-state index is 12.3. The average Bonchev–Trinajstić information content (AvgIpc) is 3.44. The van der Waals surface area contributed by atoms with Gasteiger partial charge in [-0.15, -0.1) is 0 Å². The molecule has 2 saturated carbocycles. The summed E-state index contributed by atoms with van der Waals surface area (Å²) >= 11 is 0. The van der Waals surface area contributed by atoms with Gasteiger partial charge in [0.15, 0.2) is 11.5 Å². The lowest BCUT2D eigenvalue weighted by Crippen LogP contribution is -2.78. The van der Waals surface area contributed by atoms with E-state index in [2.05, 4.69) is 16.8 Å². The van der Waals surface area contributed by atoms with Crippen LogP contribution in [0.4, 0.5) is 0 Å². The van der Waals surface area contributed by atoms with Gasteiger partial charge in [-0.2, -0.15) is 0 Å². The van der Waals surface area contributed by atoms with Crippen molar-refractivity contribution >= 4 is 5.91 Å². The van der Waals surface area contributed by atoms with Crippen LogP contribution in [0.1, 0.15) is 43.2 Å². The van der Waals surface area contributed by atoms with Gasteiger partial charge in [0.2, 0.25) is 5.91 Å². The summed E-state index contributed by atoms with van der Waals surface area (Å²) in [5.41, 5.74) is 0.666. The highest BCUT2D eigenvalue weighted by atomic mass is 16.5. The molecule has 3 aliphatic carbocycles. The molecule has 0 aromatic heterocycles. The summed E-state index contributed by atoms with van der Waals surface area (Å²) in [6, 6.07) is 3.56. The number of nitrogens with zero attached hydrogens (tertiary/aromatic N) is 1. The minimum atomic E-state index is -0.910. The second-order valence-corrected chi connectivity index (χ2v) is 9.65. The topological polar surface area (TPSA) is 82.0 Å². The summed E-state index contributed by atoms with van der Waals surface area (Å²) < 4.78 is 6.38. The number of hydrogen-bond acceptors (Lipinski definition) is 5. The second-order valence-electron chi connectivity index (χ2n) is 9.65. The number of amides is 1. The Hall–Kier alpha value is -2.05. The molecule has 3 unspecified atom stereocenters. The molecule has 2 heterocycles. The van der Waals surface area contributed by atoms with Crippen molar-refractivity contribution in [3.8, 4) is 11.5 Å². The molecule has 6 rings (SSSR count). The van der Waals surface area contributed by atoms with Crippen molar-refractivity contribution in [3.63, 3.8) is 0 Å². The fourth-order valence-electron chi connectivity index (χ4n) is 6.87. The van der Waals surface area contributed by atoms with Crippen molar-refractivity contribution in [2.75, 3.05) is 13.1 Å². The number of aliphatic hydroxyl groups is 1. The first kappa shape index (κ1) is 17.8. The summed E-state index contributed by atoms with van der Waals surface area (Å²) in [6.45, 7) is 5.55. The number of carbonyl (C=O) groups is 1. The normalized spacial score (nSPS) is 39.4. The lowest BCUT2D eigenvalue weighted by atomic mass is 9.48. The van der Waals surface area contributed by atoms with Gasteiger partial charge in [-0.3, -0.25) is 9.69 Å². The quantitative estimate of drug-likeness (QED) is 0.674. The van der Waals surface area contributed by atoms with Gasteiger partial charge < -0.3 is 20.3 Å². The number of ether oxygens (including phenoxy) is 1. The number of hydrogen-bond donors (Lipinski definition) is 3. The molecular formula is C23H28N2O4. The lowest BCUT2D eigenvalue weighted by Gasteiger charge is -2.64. The van der Waals surface area contributed by atoms with E-state index in [1.165, 1.54) is 24.5 Å².